The first-order valence-corrected chi connectivity index (χ1v) is 10.6. The normalized spacial score (nSPS) is 14.3. The van der Waals surface area contributed by atoms with E-state index in [-0.39, 0.29) is 24.7 Å². The van der Waals surface area contributed by atoms with E-state index in [1.54, 1.807) is 24.3 Å². The van der Waals surface area contributed by atoms with Crippen LogP contribution in [0.25, 0.3) is 0 Å². The summed E-state index contributed by atoms with van der Waals surface area (Å²) in [6.07, 6.45) is 1.52. The van der Waals surface area contributed by atoms with Crippen molar-refractivity contribution < 1.29 is 23.9 Å². The van der Waals surface area contributed by atoms with Gasteiger partial charge in [0.05, 0.1) is 38.0 Å². The smallest absolute Gasteiger partial charge is 0.269 e. The third kappa shape index (κ3) is 6.74. The van der Waals surface area contributed by atoms with Gasteiger partial charge in [-0.15, -0.1) is 0 Å². The summed E-state index contributed by atoms with van der Waals surface area (Å²) in [4.78, 5) is 24.4. The van der Waals surface area contributed by atoms with Gasteiger partial charge in [-0.2, -0.15) is 5.10 Å². The molecule has 1 aliphatic rings. The number of hydrazone groups is 1. The van der Waals surface area contributed by atoms with Crippen LogP contribution in [0.3, 0.4) is 0 Å². The lowest BCUT2D eigenvalue weighted by Gasteiger charge is -2.25. The number of halogens is 1. The van der Waals surface area contributed by atoms with Gasteiger partial charge in [0.2, 0.25) is 0 Å². The largest absolute Gasteiger partial charge is 0.493 e. The number of hydrogen-bond acceptors (Lipinski definition) is 8. The van der Waals surface area contributed by atoms with Crippen molar-refractivity contribution in [2.24, 2.45) is 5.10 Å². The Kier molecular flexibility index (Phi) is 8.54. The summed E-state index contributed by atoms with van der Waals surface area (Å²) in [5.41, 5.74) is 4.02. The van der Waals surface area contributed by atoms with E-state index in [4.69, 9.17) is 14.2 Å². The molecular weight excluding hydrogens is 484 g/mol. The van der Waals surface area contributed by atoms with Crippen LogP contribution in [0.4, 0.5) is 5.69 Å². The molecule has 1 heterocycles. The molecular formula is C21H23BrN4O6. The highest BCUT2D eigenvalue weighted by Gasteiger charge is 2.14. The number of hydrogen-bond donors (Lipinski definition) is 1. The number of methoxy groups -OCH3 is 1. The molecule has 1 N–H and O–H groups in total. The van der Waals surface area contributed by atoms with Crippen molar-refractivity contribution in [1.29, 1.82) is 0 Å². The number of benzene rings is 2. The van der Waals surface area contributed by atoms with E-state index in [1.807, 2.05) is 4.90 Å². The first-order chi connectivity index (χ1) is 15.5. The van der Waals surface area contributed by atoms with Gasteiger partial charge in [0, 0.05) is 35.3 Å². The molecule has 0 aliphatic carbocycles. The number of rotatable bonds is 9. The van der Waals surface area contributed by atoms with E-state index in [2.05, 4.69) is 26.5 Å². The molecule has 170 valence electrons. The van der Waals surface area contributed by atoms with E-state index in [1.165, 1.54) is 25.5 Å². The summed E-state index contributed by atoms with van der Waals surface area (Å²) in [5, 5.41) is 14.8. The Morgan fingerprint density at radius 3 is 2.66 bits per heavy atom. The number of carbonyl (C=O) groups is 1. The number of non-ortho nitro benzene ring substituents is 1. The first-order valence-electron chi connectivity index (χ1n) is 9.82. The van der Waals surface area contributed by atoms with Crippen molar-refractivity contribution >= 4 is 33.7 Å². The molecule has 11 heteroatoms. The van der Waals surface area contributed by atoms with Crippen LogP contribution in [0.1, 0.15) is 11.1 Å². The summed E-state index contributed by atoms with van der Waals surface area (Å²) in [7, 11) is 1.52. The van der Waals surface area contributed by atoms with Gasteiger partial charge >= 0.3 is 0 Å². The van der Waals surface area contributed by atoms with Crippen molar-refractivity contribution in [2.45, 2.75) is 6.61 Å². The van der Waals surface area contributed by atoms with Crippen LogP contribution in [0.15, 0.2) is 46.0 Å². The average molecular weight is 507 g/mol. The monoisotopic (exact) mass is 506 g/mol. The quantitative estimate of drug-likeness (QED) is 0.315. The van der Waals surface area contributed by atoms with E-state index >= 15 is 0 Å². The van der Waals surface area contributed by atoms with Crippen LogP contribution in [0.5, 0.6) is 11.5 Å². The minimum Gasteiger partial charge on any atom is -0.493 e. The van der Waals surface area contributed by atoms with E-state index < -0.39 is 4.92 Å². The minimum atomic E-state index is -0.448. The molecule has 1 amide bonds. The number of amides is 1. The maximum Gasteiger partial charge on any atom is 0.269 e. The number of nitrogens with one attached hydrogen (secondary N) is 1. The second-order valence-electron chi connectivity index (χ2n) is 6.92. The van der Waals surface area contributed by atoms with Crippen LogP contribution in [-0.2, 0) is 16.1 Å². The lowest BCUT2D eigenvalue weighted by Crippen LogP contribution is -2.42. The van der Waals surface area contributed by atoms with Gasteiger partial charge in [0.15, 0.2) is 11.5 Å². The van der Waals surface area contributed by atoms with E-state index in [0.29, 0.717) is 34.7 Å². The Hall–Kier alpha value is -3.02. The molecule has 10 nitrogen and oxygen atoms in total. The van der Waals surface area contributed by atoms with Gasteiger partial charge in [-0.3, -0.25) is 19.8 Å². The molecule has 1 aliphatic heterocycles. The molecule has 2 aromatic rings. The zero-order valence-electron chi connectivity index (χ0n) is 17.5. The number of nitrogens with zero attached hydrogens (tertiary/aromatic N) is 3. The molecule has 0 unspecified atom stereocenters. The van der Waals surface area contributed by atoms with Gasteiger partial charge in [-0.1, -0.05) is 0 Å². The van der Waals surface area contributed by atoms with Crippen molar-refractivity contribution in [1.82, 2.24) is 10.3 Å². The Balaban J connectivity index is 1.59. The van der Waals surface area contributed by atoms with Gasteiger partial charge in [0.25, 0.3) is 11.6 Å². The van der Waals surface area contributed by atoms with E-state index in [0.717, 1.165) is 18.7 Å². The number of carbonyl (C=O) groups excluding carboxylic acids is 1. The molecule has 0 aromatic heterocycles. The molecule has 0 saturated carbocycles. The first kappa shape index (κ1) is 23.6. The second kappa shape index (κ2) is 11.6. The summed E-state index contributed by atoms with van der Waals surface area (Å²) in [5.74, 6) is 0.775. The molecule has 3 rings (SSSR count). The molecule has 1 saturated heterocycles. The maximum absolute atomic E-state index is 12.0. The molecule has 32 heavy (non-hydrogen) atoms. The van der Waals surface area contributed by atoms with Gasteiger partial charge in [0.1, 0.15) is 6.61 Å². The lowest BCUT2D eigenvalue weighted by atomic mass is 10.2. The van der Waals surface area contributed by atoms with Crippen molar-refractivity contribution in [3.05, 3.63) is 62.1 Å². The third-order valence-electron chi connectivity index (χ3n) is 4.69. The fraction of sp³-hybridized carbons (Fsp3) is 0.333. The zero-order chi connectivity index (χ0) is 22.9. The summed E-state index contributed by atoms with van der Waals surface area (Å²) >= 11 is 3.47. The van der Waals surface area contributed by atoms with Crippen molar-refractivity contribution in [2.75, 3.05) is 40.0 Å². The molecule has 0 radical (unpaired) electrons. The fourth-order valence-corrected chi connectivity index (χ4v) is 3.39. The predicted octanol–water partition coefficient (Wildman–Crippen LogP) is 2.73. The standard InChI is InChI=1S/C21H23BrN4O6/c1-30-19-10-16(12-23-24-21(27)13-25-6-8-31-9-7-25)18(22)11-20(19)32-14-15-2-4-17(5-3-15)26(28)29/h2-5,10-12H,6-9,13-14H2,1H3,(H,24,27)/b23-12+. The van der Waals surface area contributed by atoms with E-state index in [9.17, 15) is 14.9 Å². The Bertz CT molecular complexity index is 977. The zero-order valence-corrected chi connectivity index (χ0v) is 19.0. The summed E-state index contributed by atoms with van der Waals surface area (Å²) in [6.45, 7) is 3.18. The highest BCUT2D eigenvalue weighted by molar-refractivity contribution is 9.10. The number of ether oxygens (including phenoxy) is 3. The molecule has 0 spiro atoms. The van der Waals surface area contributed by atoms with Crippen molar-refractivity contribution in [3.8, 4) is 11.5 Å². The number of morpholine rings is 1. The minimum absolute atomic E-state index is 0.0229. The van der Waals surface area contributed by atoms with Crippen molar-refractivity contribution in [3.63, 3.8) is 0 Å². The predicted molar refractivity (Wildman–Crippen MR) is 121 cm³/mol. The average Bonchev–Trinajstić information content (AvgIpc) is 2.79. The van der Waals surface area contributed by atoms with Gasteiger partial charge in [-0.25, -0.2) is 5.43 Å². The fourth-order valence-electron chi connectivity index (χ4n) is 2.97. The molecule has 0 bridgehead atoms. The van der Waals surface area contributed by atoms with Crippen LogP contribution in [-0.4, -0.2) is 61.9 Å². The van der Waals surface area contributed by atoms with Crippen LogP contribution in [0.2, 0.25) is 0 Å². The van der Waals surface area contributed by atoms with Crippen LogP contribution < -0.4 is 14.9 Å². The Labute approximate surface area is 193 Å². The van der Waals surface area contributed by atoms with Gasteiger partial charge < -0.3 is 14.2 Å². The Morgan fingerprint density at radius 2 is 2.00 bits per heavy atom. The highest BCUT2D eigenvalue weighted by Crippen LogP contribution is 2.33. The number of nitro groups is 1. The summed E-state index contributed by atoms with van der Waals surface area (Å²) in [6, 6.07) is 9.60. The topological polar surface area (TPSA) is 116 Å². The van der Waals surface area contributed by atoms with Gasteiger partial charge in [-0.05, 0) is 45.8 Å². The lowest BCUT2D eigenvalue weighted by molar-refractivity contribution is -0.384. The highest BCUT2D eigenvalue weighted by atomic mass is 79.9. The second-order valence-corrected chi connectivity index (χ2v) is 7.77. The SMILES string of the molecule is COc1cc(/C=N/NC(=O)CN2CCOCC2)c(Br)cc1OCc1ccc([N+](=O)[O-])cc1. The van der Waals surface area contributed by atoms with Crippen LogP contribution >= 0.6 is 15.9 Å². The third-order valence-corrected chi connectivity index (χ3v) is 5.38. The number of nitro benzene ring substituents is 1. The molecule has 0 atom stereocenters. The van der Waals surface area contributed by atoms with Crippen LogP contribution in [0, 0.1) is 10.1 Å². The molecule has 1 fully saturated rings. The summed E-state index contributed by atoms with van der Waals surface area (Å²) < 4.78 is 17.2. The maximum atomic E-state index is 12.0. The Morgan fingerprint density at radius 1 is 1.28 bits per heavy atom. The molecule has 2 aromatic carbocycles.